The summed E-state index contributed by atoms with van der Waals surface area (Å²) in [5, 5.41) is 4.57. The van der Waals surface area contributed by atoms with Crippen LogP contribution in [0.5, 0.6) is 0 Å². The van der Waals surface area contributed by atoms with E-state index in [2.05, 4.69) is 15.0 Å². The lowest BCUT2D eigenvalue weighted by atomic mass is 9.96. The second kappa shape index (κ2) is 6.34. The van der Waals surface area contributed by atoms with Gasteiger partial charge in [0.15, 0.2) is 5.65 Å². The van der Waals surface area contributed by atoms with E-state index < -0.39 is 0 Å². The highest BCUT2D eigenvalue weighted by Gasteiger charge is 2.32. The Bertz CT molecular complexity index is 795. The van der Waals surface area contributed by atoms with Crippen LogP contribution < -0.4 is 4.90 Å². The fourth-order valence-electron chi connectivity index (χ4n) is 3.60. The average molecular weight is 342 g/mol. The van der Waals surface area contributed by atoms with Crippen molar-refractivity contribution in [2.24, 2.45) is 5.92 Å². The number of piperazine rings is 1. The number of amides is 2. The van der Waals surface area contributed by atoms with Gasteiger partial charge in [-0.1, -0.05) is 0 Å². The minimum Gasteiger partial charge on any atom is -0.352 e. The van der Waals surface area contributed by atoms with Crippen LogP contribution in [0.15, 0.2) is 24.5 Å². The molecule has 4 heterocycles. The molecule has 1 unspecified atom stereocenters. The van der Waals surface area contributed by atoms with E-state index in [1.54, 1.807) is 22.7 Å². The zero-order valence-corrected chi connectivity index (χ0v) is 14.3. The summed E-state index contributed by atoms with van der Waals surface area (Å²) >= 11 is 0. The third-order valence-electron chi connectivity index (χ3n) is 5.13. The van der Waals surface area contributed by atoms with Gasteiger partial charge in [-0.3, -0.25) is 9.59 Å². The van der Waals surface area contributed by atoms with E-state index in [1.807, 2.05) is 23.2 Å². The van der Waals surface area contributed by atoms with Crippen molar-refractivity contribution < 1.29 is 9.59 Å². The molecule has 8 nitrogen and oxygen atoms in total. The summed E-state index contributed by atoms with van der Waals surface area (Å²) in [5.74, 6) is 1.15. The van der Waals surface area contributed by atoms with Gasteiger partial charge in [-0.15, -0.1) is 5.10 Å². The lowest BCUT2D eigenvalue weighted by molar-refractivity contribution is -0.142. The van der Waals surface area contributed by atoms with Gasteiger partial charge in [-0.25, -0.2) is 9.50 Å². The van der Waals surface area contributed by atoms with E-state index in [0.717, 1.165) is 24.6 Å². The Labute approximate surface area is 146 Å². The van der Waals surface area contributed by atoms with Gasteiger partial charge in [0.05, 0.1) is 5.92 Å². The number of fused-ring (bicyclic) bond motifs is 1. The molecular formula is C17H22N6O2. The van der Waals surface area contributed by atoms with Gasteiger partial charge in [0.2, 0.25) is 11.8 Å². The Morgan fingerprint density at radius 1 is 1.20 bits per heavy atom. The van der Waals surface area contributed by atoms with Crippen LogP contribution in [0.2, 0.25) is 0 Å². The number of piperidine rings is 1. The molecule has 2 aliphatic rings. The van der Waals surface area contributed by atoms with E-state index in [-0.39, 0.29) is 17.7 Å². The van der Waals surface area contributed by atoms with Crippen LogP contribution in [0.25, 0.3) is 5.65 Å². The summed E-state index contributed by atoms with van der Waals surface area (Å²) in [5.41, 5.74) is 0.827. The molecule has 0 bridgehead atoms. The fraction of sp³-hybridized carbons (Fsp3) is 0.529. The fourth-order valence-corrected chi connectivity index (χ4v) is 3.60. The smallest absolute Gasteiger partial charge is 0.227 e. The van der Waals surface area contributed by atoms with E-state index in [4.69, 9.17) is 0 Å². The number of likely N-dealkylation sites (tertiary alicyclic amines) is 1. The van der Waals surface area contributed by atoms with Crippen molar-refractivity contribution in [3.8, 4) is 0 Å². The molecule has 0 radical (unpaired) electrons. The molecule has 0 N–H and O–H groups in total. The van der Waals surface area contributed by atoms with Gasteiger partial charge in [0.1, 0.15) is 5.82 Å². The molecule has 2 saturated heterocycles. The van der Waals surface area contributed by atoms with Crippen LogP contribution in [-0.4, -0.2) is 76.0 Å². The average Bonchev–Trinajstić information content (AvgIpc) is 3.11. The largest absolute Gasteiger partial charge is 0.352 e. The third-order valence-corrected chi connectivity index (χ3v) is 5.13. The molecule has 25 heavy (non-hydrogen) atoms. The summed E-state index contributed by atoms with van der Waals surface area (Å²) in [6.45, 7) is 3.45. The number of aromatic nitrogens is 3. The first-order valence-electron chi connectivity index (χ1n) is 8.70. The number of nitrogens with zero attached hydrogens (tertiary/aromatic N) is 6. The molecule has 4 rings (SSSR count). The molecular weight excluding hydrogens is 320 g/mol. The summed E-state index contributed by atoms with van der Waals surface area (Å²) in [4.78, 5) is 34.3. The van der Waals surface area contributed by atoms with E-state index in [0.29, 0.717) is 32.5 Å². The number of imidazole rings is 1. The lowest BCUT2D eigenvalue weighted by Crippen LogP contribution is -2.53. The molecule has 8 heteroatoms. The van der Waals surface area contributed by atoms with Crippen molar-refractivity contribution in [3.63, 3.8) is 0 Å². The van der Waals surface area contributed by atoms with Crippen LogP contribution in [-0.2, 0) is 9.59 Å². The summed E-state index contributed by atoms with van der Waals surface area (Å²) in [6.07, 6.45) is 4.71. The minimum absolute atomic E-state index is 0.0605. The highest BCUT2D eigenvalue weighted by Crippen LogP contribution is 2.21. The summed E-state index contributed by atoms with van der Waals surface area (Å²) < 4.78 is 1.77. The van der Waals surface area contributed by atoms with Gasteiger partial charge in [-0.2, -0.15) is 0 Å². The van der Waals surface area contributed by atoms with Crippen molar-refractivity contribution in [1.29, 1.82) is 0 Å². The Hall–Kier alpha value is -2.64. The number of carbonyl (C=O) groups is 2. The molecule has 2 fully saturated rings. The molecule has 2 amide bonds. The maximum absolute atomic E-state index is 12.7. The Morgan fingerprint density at radius 3 is 2.76 bits per heavy atom. The van der Waals surface area contributed by atoms with Crippen LogP contribution in [0.1, 0.15) is 12.8 Å². The molecule has 132 valence electrons. The zero-order chi connectivity index (χ0) is 17.4. The van der Waals surface area contributed by atoms with Crippen molar-refractivity contribution >= 4 is 23.3 Å². The quantitative estimate of drug-likeness (QED) is 0.782. The Balaban J connectivity index is 1.37. The highest BCUT2D eigenvalue weighted by molar-refractivity contribution is 5.84. The minimum atomic E-state index is -0.0605. The van der Waals surface area contributed by atoms with E-state index >= 15 is 0 Å². The molecule has 2 aromatic heterocycles. The summed E-state index contributed by atoms with van der Waals surface area (Å²) in [6, 6.07) is 3.93. The van der Waals surface area contributed by atoms with Crippen LogP contribution >= 0.6 is 0 Å². The molecule has 0 aromatic carbocycles. The van der Waals surface area contributed by atoms with Crippen LogP contribution in [0.4, 0.5) is 5.82 Å². The van der Waals surface area contributed by atoms with Gasteiger partial charge in [0.25, 0.3) is 0 Å². The normalized spacial score (nSPS) is 21.9. The monoisotopic (exact) mass is 342 g/mol. The maximum atomic E-state index is 12.7. The zero-order valence-electron chi connectivity index (χ0n) is 14.3. The number of carbonyl (C=O) groups excluding carboxylic acids is 2. The van der Waals surface area contributed by atoms with Crippen LogP contribution in [0, 0.1) is 5.92 Å². The van der Waals surface area contributed by atoms with Gasteiger partial charge in [-0.05, 0) is 18.6 Å². The number of anilines is 1. The summed E-state index contributed by atoms with van der Waals surface area (Å²) in [7, 11) is 1.78. The second-order valence-electron chi connectivity index (χ2n) is 6.74. The Morgan fingerprint density at radius 2 is 2.00 bits per heavy atom. The van der Waals surface area contributed by atoms with Crippen molar-refractivity contribution in [1.82, 2.24) is 24.4 Å². The predicted octanol–water partition coefficient (Wildman–Crippen LogP) is 0.246. The Kier molecular flexibility index (Phi) is 4.03. The van der Waals surface area contributed by atoms with Crippen molar-refractivity contribution in [2.75, 3.05) is 44.7 Å². The van der Waals surface area contributed by atoms with Gasteiger partial charge < -0.3 is 14.7 Å². The standard InChI is InChI=1S/C17H22N6O2/c1-20-12-13(2-5-16(20)24)17(25)22-10-8-21(9-11-22)15-4-3-14-18-6-7-23(14)19-15/h3-4,6-7,13H,2,5,8-12H2,1H3. The van der Waals surface area contributed by atoms with E-state index in [9.17, 15) is 9.59 Å². The molecule has 2 aromatic rings. The first kappa shape index (κ1) is 15.9. The first-order chi connectivity index (χ1) is 12.1. The first-order valence-corrected chi connectivity index (χ1v) is 8.70. The number of hydrogen-bond acceptors (Lipinski definition) is 5. The maximum Gasteiger partial charge on any atom is 0.227 e. The van der Waals surface area contributed by atoms with E-state index in [1.165, 1.54) is 0 Å². The SMILES string of the molecule is CN1CC(C(=O)N2CCN(c3ccc4nccn4n3)CC2)CCC1=O. The number of hydrogen-bond donors (Lipinski definition) is 0. The second-order valence-corrected chi connectivity index (χ2v) is 6.74. The molecule has 0 aliphatic carbocycles. The third kappa shape index (κ3) is 3.04. The van der Waals surface area contributed by atoms with Crippen molar-refractivity contribution in [3.05, 3.63) is 24.5 Å². The lowest BCUT2D eigenvalue weighted by Gasteiger charge is -2.38. The molecule has 1 atom stereocenters. The highest BCUT2D eigenvalue weighted by atomic mass is 16.2. The number of rotatable bonds is 2. The molecule has 2 aliphatic heterocycles. The molecule has 0 saturated carbocycles. The van der Waals surface area contributed by atoms with Gasteiger partial charge >= 0.3 is 0 Å². The van der Waals surface area contributed by atoms with Crippen molar-refractivity contribution in [2.45, 2.75) is 12.8 Å². The topological polar surface area (TPSA) is 74.1 Å². The molecule has 0 spiro atoms. The van der Waals surface area contributed by atoms with Crippen LogP contribution in [0.3, 0.4) is 0 Å². The van der Waals surface area contributed by atoms with Gasteiger partial charge in [0, 0.05) is 58.6 Å². The predicted molar refractivity (Wildman–Crippen MR) is 92.1 cm³/mol.